The molecule has 0 saturated carbocycles. The quantitative estimate of drug-likeness (QED) is 0.740. The van der Waals surface area contributed by atoms with Gasteiger partial charge < -0.3 is 9.84 Å². The molecular weight excluding hydrogens is 276 g/mol. The summed E-state index contributed by atoms with van der Waals surface area (Å²) >= 11 is 0. The van der Waals surface area contributed by atoms with Gasteiger partial charge in [-0.1, -0.05) is 55.8 Å². The van der Waals surface area contributed by atoms with Crippen molar-refractivity contribution < 1.29 is 14.6 Å². The molecule has 0 aliphatic heterocycles. The first kappa shape index (κ1) is 16.1. The van der Waals surface area contributed by atoms with Gasteiger partial charge in [-0.2, -0.15) is 0 Å². The second kappa shape index (κ2) is 8.23. The third kappa shape index (κ3) is 4.62. The van der Waals surface area contributed by atoms with E-state index < -0.39 is 11.9 Å². The fourth-order valence-electron chi connectivity index (χ4n) is 2.32. The minimum absolute atomic E-state index is 0.481. The fraction of sp³-hybridized carbons (Fsp3) is 0.316. The first-order valence-electron chi connectivity index (χ1n) is 7.70. The van der Waals surface area contributed by atoms with Crippen LogP contribution in [-0.4, -0.2) is 17.7 Å². The van der Waals surface area contributed by atoms with Crippen molar-refractivity contribution in [3.05, 3.63) is 65.7 Å². The predicted molar refractivity (Wildman–Crippen MR) is 87.4 cm³/mol. The zero-order valence-corrected chi connectivity index (χ0v) is 12.9. The molecular formula is C19H22O3. The van der Waals surface area contributed by atoms with Crippen LogP contribution in [-0.2, 0) is 11.2 Å². The lowest BCUT2D eigenvalue weighted by Crippen LogP contribution is -2.14. The van der Waals surface area contributed by atoms with E-state index in [2.05, 4.69) is 6.92 Å². The first-order chi connectivity index (χ1) is 10.7. The Labute approximate surface area is 131 Å². The number of ether oxygens (including phenoxy) is 1. The maximum absolute atomic E-state index is 11.5. The molecule has 0 fully saturated rings. The van der Waals surface area contributed by atoms with Gasteiger partial charge >= 0.3 is 5.97 Å². The van der Waals surface area contributed by atoms with Crippen LogP contribution in [0.5, 0.6) is 5.75 Å². The monoisotopic (exact) mass is 298 g/mol. The number of unbranched alkanes of at least 4 members (excludes halogenated alkanes) is 1. The molecule has 116 valence electrons. The van der Waals surface area contributed by atoms with Crippen LogP contribution in [0.1, 0.15) is 36.8 Å². The Morgan fingerprint density at radius 2 is 1.77 bits per heavy atom. The van der Waals surface area contributed by atoms with Crippen molar-refractivity contribution in [2.75, 3.05) is 6.61 Å². The number of hydrogen-bond donors (Lipinski definition) is 1. The van der Waals surface area contributed by atoms with Gasteiger partial charge in [-0.15, -0.1) is 0 Å². The van der Waals surface area contributed by atoms with Crippen LogP contribution >= 0.6 is 0 Å². The number of benzene rings is 2. The molecule has 0 radical (unpaired) electrons. The summed E-state index contributed by atoms with van der Waals surface area (Å²) < 4.78 is 5.62. The molecule has 2 aromatic rings. The molecule has 0 saturated heterocycles. The number of carboxylic acids is 1. The van der Waals surface area contributed by atoms with Crippen LogP contribution < -0.4 is 4.74 Å². The van der Waals surface area contributed by atoms with E-state index in [4.69, 9.17) is 4.74 Å². The highest BCUT2D eigenvalue weighted by atomic mass is 16.5. The Balaban J connectivity index is 2.03. The van der Waals surface area contributed by atoms with Crippen LogP contribution in [0.2, 0.25) is 0 Å². The molecule has 3 nitrogen and oxygen atoms in total. The van der Waals surface area contributed by atoms with Crippen LogP contribution in [0.15, 0.2) is 54.6 Å². The van der Waals surface area contributed by atoms with Crippen LogP contribution in [0.4, 0.5) is 0 Å². The molecule has 0 heterocycles. The van der Waals surface area contributed by atoms with Crippen molar-refractivity contribution in [3.8, 4) is 5.75 Å². The minimum atomic E-state index is -0.797. The topological polar surface area (TPSA) is 46.5 Å². The van der Waals surface area contributed by atoms with Gasteiger partial charge in [-0.25, -0.2) is 0 Å². The summed E-state index contributed by atoms with van der Waals surface area (Å²) in [5.41, 5.74) is 1.83. The van der Waals surface area contributed by atoms with E-state index in [0.29, 0.717) is 6.42 Å². The smallest absolute Gasteiger partial charge is 0.311 e. The van der Waals surface area contributed by atoms with Gasteiger partial charge in [0, 0.05) is 0 Å². The lowest BCUT2D eigenvalue weighted by atomic mass is 9.92. The average molecular weight is 298 g/mol. The summed E-state index contributed by atoms with van der Waals surface area (Å²) in [6.07, 6.45) is 2.63. The summed E-state index contributed by atoms with van der Waals surface area (Å²) in [5.74, 6) is -0.480. The van der Waals surface area contributed by atoms with Gasteiger partial charge in [-0.3, -0.25) is 4.79 Å². The lowest BCUT2D eigenvalue weighted by Gasteiger charge is -2.13. The van der Waals surface area contributed by atoms with E-state index in [1.165, 1.54) is 0 Å². The van der Waals surface area contributed by atoms with Gasteiger partial charge in [0.05, 0.1) is 12.5 Å². The molecule has 2 aromatic carbocycles. The third-order valence-electron chi connectivity index (χ3n) is 3.63. The summed E-state index contributed by atoms with van der Waals surface area (Å²) in [6.45, 7) is 2.85. The molecule has 1 unspecified atom stereocenters. The van der Waals surface area contributed by atoms with Gasteiger partial charge in [0.1, 0.15) is 5.75 Å². The molecule has 2 rings (SSSR count). The fourth-order valence-corrected chi connectivity index (χ4v) is 2.32. The largest absolute Gasteiger partial charge is 0.494 e. The van der Waals surface area contributed by atoms with E-state index in [1.807, 2.05) is 54.6 Å². The molecule has 0 aromatic heterocycles. The van der Waals surface area contributed by atoms with E-state index in [1.54, 1.807) is 0 Å². The molecule has 1 atom stereocenters. The molecule has 0 bridgehead atoms. The molecule has 0 aliphatic rings. The minimum Gasteiger partial charge on any atom is -0.494 e. The predicted octanol–water partition coefficient (Wildman–Crippen LogP) is 4.28. The van der Waals surface area contributed by atoms with Crippen molar-refractivity contribution in [1.82, 2.24) is 0 Å². The van der Waals surface area contributed by atoms with Crippen molar-refractivity contribution in [1.29, 1.82) is 0 Å². The third-order valence-corrected chi connectivity index (χ3v) is 3.63. The summed E-state index contributed by atoms with van der Waals surface area (Å²) in [6, 6.07) is 17.1. The first-order valence-corrected chi connectivity index (χ1v) is 7.70. The zero-order chi connectivity index (χ0) is 15.8. The van der Waals surface area contributed by atoms with Crippen molar-refractivity contribution in [3.63, 3.8) is 0 Å². The molecule has 3 heteroatoms. The maximum Gasteiger partial charge on any atom is 0.311 e. The van der Waals surface area contributed by atoms with Gasteiger partial charge in [-0.05, 0) is 36.1 Å². The van der Waals surface area contributed by atoms with Crippen LogP contribution in [0.25, 0.3) is 0 Å². The number of hydrogen-bond acceptors (Lipinski definition) is 2. The second-order valence-electron chi connectivity index (χ2n) is 5.35. The molecule has 22 heavy (non-hydrogen) atoms. The van der Waals surface area contributed by atoms with E-state index in [0.717, 1.165) is 36.3 Å². The SMILES string of the molecule is CCCCOc1ccc(CC(C(=O)O)c2ccccc2)cc1. The number of aliphatic carboxylic acids is 1. The lowest BCUT2D eigenvalue weighted by molar-refractivity contribution is -0.138. The number of carboxylic acid groups (broad SMARTS) is 1. The Morgan fingerprint density at radius 1 is 1.09 bits per heavy atom. The van der Waals surface area contributed by atoms with E-state index >= 15 is 0 Å². The Bertz CT molecular complexity index is 575. The highest BCUT2D eigenvalue weighted by Crippen LogP contribution is 2.22. The summed E-state index contributed by atoms with van der Waals surface area (Å²) in [5, 5.41) is 9.46. The summed E-state index contributed by atoms with van der Waals surface area (Å²) in [4.78, 5) is 11.5. The van der Waals surface area contributed by atoms with Gasteiger partial charge in [0.15, 0.2) is 0 Å². The van der Waals surface area contributed by atoms with Gasteiger partial charge in [0.2, 0.25) is 0 Å². The average Bonchev–Trinajstić information content (AvgIpc) is 2.55. The molecule has 1 N–H and O–H groups in total. The molecule has 0 aliphatic carbocycles. The van der Waals surface area contributed by atoms with Crippen molar-refractivity contribution in [2.24, 2.45) is 0 Å². The van der Waals surface area contributed by atoms with Crippen molar-refractivity contribution in [2.45, 2.75) is 32.1 Å². The summed E-state index contributed by atoms with van der Waals surface area (Å²) in [7, 11) is 0. The Morgan fingerprint density at radius 3 is 2.36 bits per heavy atom. The van der Waals surface area contributed by atoms with Gasteiger partial charge in [0.25, 0.3) is 0 Å². The highest BCUT2D eigenvalue weighted by Gasteiger charge is 2.19. The molecule has 0 amide bonds. The van der Waals surface area contributed by atoms with Crippen LogP contribution in [0, 0.1) is 0 Å². The number of rotatable bonds is 8. The van der Waals surface area contributed by atoms with Crippen molar-refractivity contribution >= 4 is 5.97 Å². The number of carbonyl (C=O) groups is 1. The Hall–Kier alpha value is -2.29. The maximum atomic E-state index is 11.5. The molecule has 0 spiro atoms. The van der Waals surface area contributed by atoms with E-state index in [-0.39, 0.29) is 0 Å². The second-order valence-corrected chi connectivity index (χ2v) is 5.35. The zero-order valence-electron chi connectivity index (χ0n) is 12.9. The normalized spacial score (nSPS) is 11.9. The van der Waals surface area contributed by atoms with Crippen LogP contribution in [0.3, 0.4) is 0 Å². The Kier molecular flexibility index (Phi) is 6.01. The van der Waals surface area contributed by atoms with E-state index in [9.17, 15) is 9.90 Å². The standard InChI is InChI=1S/C19H22O3/c1-2-3-13-22-17-11-9-15(10-12-17)14-18(19(20)21)16-7-5-4-6-8-16/h4-12,18H,2-3,13-14H2,1H3,(H,20,21). The highest BCUT2D eigenvalue weighted by molar-refractivity contribution is 5.76.